The lowest BCUT2D eigenvalue weighted by molar-refractivity contribution is 0.672. The van der Waals surface area contributed by atoms with Gasteiger partial charge in [-0.3, -0.25) is 0 Å². The highest BCUT2D eigenvalue weighted by Crippen LogP contribution is 2.52. The van der Waals surface area contributed by atoms with Gasteiger partial charge in [-0.1, -0.05) is 465 Å². The van der Waals surface area contributed by atoms with E-state index >= 15 is 0 Å². The second kappa shape index (κ2) is 35.9. The zero-order chi connectivity index (χ0) is 176. The van der Waals surface area contributed by atoms with Crippen LogP contribution in [0.2, 0.25) is 0 Å². The summed E-state index contributed by atoms with van der Waals surface area (Å²) >= 11 is 0. The molecule has 0 amide bonds. The number of hydrogen-bond donors (Lipinski definition) is 0. The van der Waals surface area contributed by atoms with Crippen LogP contribution in [0.4, 0.5) is 0 Å². The Bertz CT molecular complexity index is 16400. The lowest BCUT2D eigenvalue weighted by atomic mass is 9.83. The van der Waals surface area contributed by atoms with Gasteiger partial charge in [0, 0.05) is 51.2 Å². The number of fused-ring (bicyclic) bond motifs is 24. The minimum Gasteiger partial charge on any atom is -0.455 e. The molecule has 3 nitrogen and oxygen atoms in total. The van der Waals surface area contributed by atoms with Crippen LogP contribution in [0.5, 0.6) is 0 Å². The Labute approximate surface area is 986 Å². The molecule has 3 heteroatoms. The molecule has 0 radical (unpaired) electrons. The summed E-state index contributed by atoms with van der Waals surface area (Å²) < 4.78 is 829. The zero-order valence-corrected chi connectivity index (χ0v) is 74.4. The molecule has 0 saturated carbocycles. The summed E-state index contributed by atoms with van der Waals surface area (Å²) in [6.07, 6.45) is -3.75. The van der Waals surface area contributed by atoms with Crippen LogP contribution in [0, 0.1) is 0 Å². The van der Waals surface area contributed by atoms with Crippen molar-refractivity contribution in [2.45, 2.75) is 12.8 Å². The van der Waals surface area contributed by atoms with Crippen molar-refractivity contribution in [2.24, 2.45) is 0 Å². The lowest BCUT2D eigenvalue weighted by Crippen LogP contribution is -1.94. The molecule has 31 rings (SSSR count). The van der Waals surface area contributed by atoms with Gasteiger partial charge in [-0.25, -0.2) is 0 Å². The molecule has 3 heterocycles. The first-order chi connectivity index (χ1) is 111. The topological polar surface area (TPSA) is 39.4 Å². The fourth-order valence-electron chi connectivity index (χ4n) is 17.8. The highest BCUT2D eigenvalue weighted by atomic mass is 16.3. The molecule has 0 N–H and O–H groups in total. The number of rotatable bonds is 11. The van der Waals surface area contributed by atoms with Crippen LogP contribution in [0.1, 0.15) is 142 Å². The van der Waals surface area contributed by atoms with Crippen molar-refractivity contribution in [1.29, 1.82) is 0 Å². The first-order valence-electron chi connectivity index (χ1n) is 89.3. The quantitative estimate of drug-likeness (QED) is 0.0957. The molecule has 1 aliphatic carbocycles. The van der Waals surface area contributed by atoms with Crippen molar-refractivity contribution in [3.8, 4) is 111 Å². The molecule has 3 aromatic heterocycles. The fourth-order valence-corrected chi connectivity index (χ4v) is 17.8. The Morgan fingerprint density at radius 3 is 0.805 bits per heavy atom. The molecule has 0 spiro atoms. The lowest BCUT2D eigenvalue weighted by Gasteiger charge is -2.20. The van der Waals surface area contributed by atoms with E-state index in [1.165, 1.54) is 0 Å². The van der Waals surface area contributed by atoms with Gasteiger partial charge in [0.25, 0.3) is 0 Å². The van der Waals surface area contributed by atoms with Crippen molar-refractivity contribution >= 4 is 190 Å². The van der Waals surface area contributed by atoms with Crippen LogP contribution in [-0.4, -0.2) is 0 Å². The summed E-state index contributed by atoms with van der Waals surface area (Å²) in [5, 5.41) is -17.2. The number of furan rings is 3. The van der Waals surface area contributed by atoms with Crippen LogP contribution in [0.15, 0.2) is 545 Å². The molecular weight excluding hydrogens is 1800 g/mol. The van der Waals surface area contributed by atoms with Gasteiger partial charge in [0.1, 0.15) is 33.5 Å². The van der Waals surface area contributed by atoms with Crippen molar-refractivity contribution in [1.82, 2.24) is 0 Å². The third-order valence-electron chi connectivity index (χ3n) is 24.3. The van der Waals surface area contributed by atoms with Gasteiger partial charge in [-0.15, -0.1) is 0 Å². The Hall–Kier alpha value is -19.3. The predicted molar refractivity (Wildman–Crippen MR) is 634 cm³/mol. The van der Waals surface area contributed by atoms with E-state index in [9.17, 15) is 46.6 Å². The highest BCUT2D eigenvalue weighted by molar-refractivity contribution is 6.27. The molecule has 27 aromatic carbocycles. The van der Waals surface area contributed by atoms with Gasteiger partial charge >= 0.3 is 0 Å². The average Bonchev–Trinajstić information content (AvgIpc) is 1.53. The molecule has 30 aromatic rings. The van der Waals surface area contributed by atoms with Gasteiger partial charge in [0.2, 0.25) is 0 Å². The molecule has 0 bridgehead atoms. The molecule has 694 valence electrons. The predicted octanol–water partition coefficient (Wildman–Crippen LogP) is 41.8. The van der Waals surface area contributed by atoms with E-state index in [1.54, 1.807) is 0 Å². The molecular formula is C146H92O3. The van der Waals surface area contributed by atoms with Crippen LogP contribution in [0.3, 0.4) is 0 Å². The maximum absolute atomic E-state index is 9.72. The third kappa shape index (κ3) is 14.8. The van der Waals surface area contributed by atoms with E-state index < -0.39 is 851 Å². The first kappa shape index (κ1) is 35.0. The standard InChI is InChI=1S/C50H30O.C48H30O.C48H32O/c1-3-11-38-32(9-1)19-22-36-29-37(24-26-39(36)38)49-43-15-7-5-13-41(43)48(42-14-6-8-16-44(42)49)34-20-17-31(18-21-34)35-25-28-47-46(30-35)45-27-23-33-10-2-4-12-40(33)50(45)51-47;1-2-11-31(12-3-1)35-14-10-15-37(29-35)47-41-19-8-6-17-39(41)46(40-18-7-9-20-42(40)47)34-23-21-32(22-24-34)36-26-28-45-44(30-36)43-27-25-33-13-4-5-16-38(33)48(43)49-45;1-2-12-32(13-3-1)36-15-6-7-17-38(36)47-41-20-10-8-18-39(41)46(40-19-9-11-21-42(40)47)34-24-22-31(23-25-34)35-27-29-45-44(30-35)43-28-26-33-14-4-5-16-37(33)48(43)49-45/h1-30H;1-30H;2,4-30H,1,3H2/i3*1D,2D,3D,4D,5D,6D,7D,8D,9D,10D,11D,12D,13D,14D,15D,16D,17D,18D,19D,20D,21D,22D,23D,24D,25D,26D,27D,28D,29D,30D. The second-order valence-electron chi connectivity index (χ2n) is 32.4. The van der Waals surface area contributed by atoms with Crippen LogP contribution < -0.4 is 0 Å². The number of hydrogen-bond acceptors (Lipinski definition) is 3. The molecule has 2 atom stereocenters. The van der Waals surface area contributed by atoms with Gasteiger partial charge in [-0.05, 0) is 304 Å². The maximum Gasteiger partial charge on any atom is 0.143 e. The van der Waals surface area contributed by atoms with Crippen molar-refractivity contribution < 1.29 is 137 Å². The summed E-state index contributed by atoms with van der Waals surface area (Å²) in [6.45, 7) is 0. The molecule has 0 aliphatic heterocycles. The monoisotopic (exact) mass is 1980 g/mol. The van der Waals surface area contributed by atoms with Crippen LogP contribution >= 0.6 is 0 Å². The van der Waals surface area contributed by atoms with Gasteiger partial charge < -0.3 is 13.3 Å². The smallest absolute Gasteiger partial charge is 0.143 e. The van der Waals surface area contributed by atoms with E-state index in [0.29, 0.717) is 0 Å². The van der Waals surface area contributed by atoms with Gasteiger partial charge in [-0.2, -0.15) is 0 Å². The van der Waals surface area contributed by atoms with Crippen molar-refractivity contribution in [2.75, 3.05) is 0 Å². The van der Waals surface area contributed by atoms with Gasteiger partial charge in [0.15, 0.2) is 0 Å². The summed E-state index contributed by atoms with van der Waals surface area (Å²) in [7, 11) is 0. The molecule has 1 aliphatic rings. The van der Waals surface area contributed by atoms with E-state index in [2.05, 4.69) is 0 Å². The summed E-state index contributed by atoms with van der Waals surface area (Å²) in [6, 6.07) is -83.2. The van der Waals surface area contributed by atoms with Crippen LogP contribution in [-0.2, 0) is 0 Å². The van der Waals surface area contributed by atoms with Crippen molar-refractivity contribution in [3.63, 3.8) is 0 Å². The summed E-state index contributed by atoms with van der Waals surface area (Å²) in [5.41, 5.74) is -21.5. The van der Waals surface area contributed by atoms with Crippen LogP contribution in [0.25, 0.3) is 301 Å². The van der Waals surface area contributed by atoms with Crippen molar-refractivity contribution in [3.05, 3.63) is 537 Å². The molecule has 0 fully saturated rings. The molecule has 2 unspecified atom stereocenters. The van der Waals surface area contributed by atoms with E-state index in [0.717, 1.165) is 0 Å². The Morgan fingerprint density at radius 1 is 0.154 bits per heavy atom. The zero-order valence-electron chi connectivity index (χ0n) is 164. The minimum absolute atomic E-state index is 0.399. The second-order valence-corrected chi connectivity index (χ2v) is 32.4. The van der Waals surface area contributed by atoms with E-state index in [4.69, 9.17) is 90.0 Å². The highest BCUT2D eigenvalue weighted by Gasteiger charge is 2.26. The first-order valence-corrected chi connectivity index (χ1v) is 44.1. The fraction of sp³-hybridized carbons (Fsp3) is 0.0137. The number of allylic oxidation sites excluding steroid dienone is 4. The summed E-state index contributed by atoms with van der Waals surface area (Å²) in [4.78, 5) is 0. The SMILES string of the molecule is [2H]C1=C([2H])C([2H])C([2H])C([2H])=C1c1c([2H])c([2H])c([2H])c([2H])c1-c1c2c([2H])c([2H])c([2H])c([2H])c2c(-c2c([2H])c([2H])c(-c3c([2H])c([2H])c4oc5c6c([2H])c([2H])c([2H])c([2H])c6c([2H])c([2H])c5c4c3[2H])c([2H])c2[2H])c2c([2H])c([2H])c([2H])c([2H])c12.[2H]c1c([2H])c(-c2c3c([2H])c([2H])c([2H])c([2H])c3c(-c3c([2H])c([2H])c4c(c3[2H])c([2H])c([2H])c3c([2H])c([2H])c([2H])c([2H])c34)c3c([2H])c([2H])c([2H])c([2H])c23)c([2H])c([2H])c1-c1c([2H])c([2H])c2oc3c4c([2H])c([2H])c([2H])c([2H])c4c([2H])c([2H])c3c2c1[2H].[2H]c1c([2H])c([2H])c(-c2c([2H])c([2H])c([2H])c(-c3c4c([2H])c([2H])c([2H])c([2H])c4c(-c4c([2H])c([2H])c(-c5c([2H])c([2H])c6oc7c8c([2H])c([2H])c([2H])c([2H])c8c([2H])c([2H])c7c6c5[2H])c([2H])c4[2H])c4c([2H])c([2H])c([2H])c([2H])c34)c2[2H])c([2H])c1[2H]. The minimum atomic E-state index is -1.93. The maximum atomic E-state index is 9.72. The largest absolute Gasteiger partial charge is 0.455 e. The van der Waals surface area contributed by atoms with E-state index in [-0.39, 0.29) is 0 Å². The average molecular weight is 1980 g/mol. The Kier molecular flexibility index (Phi) is 8.44. The summed E-state index contributed by atoms with van der Waals surface area (Å²) in [5.74, 6) is 0. The number of benzene rings is 27. The third-order valence-corrected chi connectivity index (χ3v) is 24.3. The molecule has 0 saturated heterocycles. The Morgan fingerprint density at radius 2 is 0.409 bits per heavy atom. The van der Waals surface area contributed by atoms with Gasteiger partial charge in [0.05, 0.1) is 121 Å². The normalized spacial score (nSPS) is 21.9. The Balaban J connectivity index is 0.000000149. The molecule has 149 heavy (non-hydrogen) atoms. The van der Waals surface area contributed by atoms with E-state index in [1.807, 2.05) is 0 Å².